The third-order valence-electron chi connectivity index (χ3n) is 3.64. The summed E-state index contributed by atoms with van der Waals surface area (Å²) in [4.78, 5) is 29.1. The summed E-state index contributed by atoms with van der Waals surface area (Å²) in [5.41, 5.74) is 0. The largest absolute Gasteiger partial charge is 0.357 e. The molecule has 8 nitrogen and oxygen atoms in total. The fraction of sp³-hybridized carbons (Fsp3) is 0.692. The van der Waals surface area contributed by atoms with Crippen LogP contribution in [0.25, 0.3) is 0 Å². The van der Waals surface area contributed by atoms with Crippen molar-refractivity contribution in [1.29, 1.82) is 0 Å². The number of hydrogen-bond donors (Lipinski definition) is 2. The lowest BCUT2D eigenvalue weighted by Gasteiger charge is -2.33. The molecule has 21 heavy (non-hydrogen) atoms. The molecule has 0 spiro atoms. The van der Waals surface area contributed by atoms with Gasteiger partial charge in [-0.2, -0.15) is 15.0 Å². The van der Waals surface area contributed by atoms with Crippen LogP contribution in [0.15, 0.2) is 0 Å². The smallest absolute Gasteiger partial charge is 0.242 e. The normalized spacial score (nSPS) is 18.4. The van der Waals surface area contributed by atoms with Gasteiger partial charge in [-0.25, -0.2) is 0 Å². The van der Waals surface area contributed by atoms with Gasteiger partial charge in [-0.1, -0.05) is 0 Å². The van der Waals surface area contributed by atoms with Crippen molar-refractivity contribution in [2.24, 2.45) is 0 Å². The van der Waals surface area contributed by atoms with Gasteiger partial charge in [-0.15, -0.1) is 0 Å². The standard InChI is InChI=1S/C13H23N7O/c1-5-19(6-2)12-16-11(14-4)17-13(18-12)20-8-7-15-10(21)9(20)3/h9H,5-8H2,1-4H3,(H,15,21)(H,14,16,17,18). The first kappa shape index (κ1) is 15.3. The molecule has 8 heteroatoms. The van der Waals surface area contributed by atoms with Crippen LogP contribution in [-0.4, -0.2) is 60.1 Å². The van der Waals surface area contributed by atoms with Gasteiger partial charge >= 0.3 is 0 Å². The van der Waals surface area contributed by atoms with Gasteiger partial charge in [0.15, 0.2) is 0 Å². The number of amides is 1. The Bertz CT molecular complexity index is 503. The number of hydrogen-bond acceptors (Lipinski definition) is 7. The second-order valence-corrected chi connectivity index (χ2v) is 4.84. The van der Waals surface area contributed by atoms with Crippen LogP contribution in [-0.2, 0) is 4.79 Å². The van der Waals surface area contributed by atoms with E-state index in [-0.39, 0.29) is 11.9 Å². The maximum Gasteiger partial charge on any atom is 0.242 e. The van der Waals surface area contributed by atoms with Crippen molar-refractivity contribution >= 4 is 23.8 Å². The van der Waals surface area contributed by atoms with Crippen molar-refractivity contribution in [2.75, 3.05) is 48.3 Å². The van der Waals surface area contributed by atoms with Crippen LogP contribution in [0.4, 0.5) is 17.8 Å². The first-order valence-electron chi connectivity index (χ1n) is 7.33. The second kappa shape index (κ2) is 6.55. The minimum absolute atomic E-state index is 0.00272. The second-order valence-electron chi connectivity index (χ2n) is 4.84. The maximum absolute atomic E-state index is 11.8. The topological polar surface area (TPSA) is 86.3 Å². The number of carbonyl (C=O) groups excluding carboxylic acids is 1. The highest BCUT2D eigenvalue weighted by atomic mass is 16.2. The zero-order valence-electron chi connectivity index (χ0n) is 13.1. The molecule has 1 fully saturated rings. The van der Waals surface area contributed by atoms with Crippen LogP contribution in [0.3, 0.4) is 0 Å². The number of nitrogens with one attached hydrogen (secondary N) is 2. The lowest BCUT2D eigenvalue weighted by Crippen LogP contribution is -2.54. The summed E-state index contributed by atoms with van der Waals surface area (Å²) < 4.78 is 0. The van der Waals surface area contributed by atoms with E-state index in [1.807, 2.05) is 11.8 Å². The molecule has 1 atom stereocenters. The van der Waals surface area contributed by atoms with Crippen LogP contribution < -0.4 is 20.4 Å². The summed E-state index contributed by atoms with van der Waals surface area (Å²) in [7, 11) is 1.78. The Morgan fingerprint density at radius 3 is 2.67 bits per heavy atom. The Morgan fingerprint density at radius 2 is 2.05 bits per heavy atom. The zero-order valence-corrected chi connectivity index (χ0v) is 13.1. The monoisotopic (exact) mass is 293 g/mol. The van der Waals surface area contributed by atoms with Gasteiger partial charge in [-0.05, 0) is 20.8 Å². The van der Waals surface area contributed by atoms with Crippen molar-refractivity contribution in [3.05, 3.63) is 0 Å². The number of anilines is 3. The molecule has 0 aliphatic carbocycles. The average Bonchev–Trinajstić information content (AvgIpc) is 2.51. The molecule has 2 rings (SSSR count). The summed E-state index contributed by atoms with van der Waals surface area (Å²) in [6.07, 6.45) is 0. The number of piperazine rings is 1. The molecule has 1 aliphatic rings. The van der Waals surface area contributed by atoms with Gasteiger partial charge in [-0.3, -0.25) is 4.79 Å². The molecule has 0 aromatic carbocycles. The summed E-state index contributed by atoms with van der Waals surface area (Å²) in [5.74, 6) is 1.68. The number of rotatable bonds is 5. The molecular weight excluding hydrogens is 270 g/mol. The molecule has 1 aliphatic heterocycles. The highest BCUT2D eigenvalue weighted by Crippen LogP contribution is 2.19. The molecule has 1 amide bonds. The molecule has 0 radical (unpaired) electrons. The SMILES string of the molecule is CCN(CC)c1nc(NC)nc(N2CCNC(=O)C2C)n1. The van der Waals surface area contributed by atoms with E-state index in [1.54, 1.807) is 7.05 Å². The van der Waals surface area contributed by atoms with E-state index in [1.165, 1.54) is 0 Å². The molecule has 1 unspecified atom stereocenters. The van der Waals surface area contributed by atoms with Crippen molar-refractivity contribution in [2.45, 2.75) is 26.8 Å². The Kier molecular flexibility index (Phi) is 4.77. The van der Waals surface area contributed by atoms with E-state index in [0.29, 0.717) is 30.9 Å². The van der Waals surface area contributed by atoms with Crippen molar-refractivity contribution in [3.63, 3.8) is 0 Å². The molecule has 1 aromatic heterocycles. The minimum Gasteiger partial charge on any atom is -0.357 e. The summed E-state index contributed by atoms with van der Waals surface area (Å²) >= 11 is 0. The molecule has 2 heterocycles. The molecule has 0 saturated carbocycles. The fourth-order valence-electron chi connectivity index (χ4n) is 2.30. The van der Waals surface area contributed by atoms with E-state index in [2.05, 4.69) is 44.3 Å². The van der Waals surface area contributed by atoms with E-state index in [0.717, 1.165) is 13.1 Å². The first-order chi connectivity index (χ1) is 10.1. The fourth-order valence-corrected chi connectivity index (χ4v) is 2.30. The van der Waals surface area contributed by atoms with Crippen LogP contribution in [0, 0.1) is 0 Å². The molecule has 1 saturated heterocycles. The molecular formula is C13H23N7O. The zero-order chi connectivity index (χ0) is 15.4. The van der Waals surface area contributed by atoms with Crippen LogP contribution in [0.5, 0.6) is 0 Å². The summed E-state index contributed by atoms with van der Waals surface area (Å²) in [6, 6.07) is -0.282. The predicted molar refractivity (Wildman–Crippen MR) is 82.8 cm³/mol. The van der Waals surface area contributed by atoms with Gasteiger partial charge < -0.3 is 20.4 Å². The quantitative estimate of drug-likeness (QED) is 0.795. The van der Waals surface area contributed by atoms with Gasteiger partial charge in [0.1, 0.15) is 6.04 Å². The number of aromatic nitrogens is 3. The molecule has 2 N–H and O–H groups in total. The lowest BCUT2D eigenvalue weighted by molar-refractivity contribution is -0.122. The highest BCUT2D eigenvalue weighted by molar-refractivity contribution is 5.85. The number of carbonyl (C=O) groups is 1. The number of nitrogens with zero attached hydrogens (tertiary/aromatic N) is 5. The Labute approximate surface area is 125 Å². The van der Waals surface area contributed by atoms with Crippen LogP contribution >= 0.6 is 0 Å². The van der Waals surface area contributed by atoms with Crippen LogP contribution in [0.1, 0.15) is 20.8 Å². The van der Waals surface area contributed by atoms with Crippen molar-refractivity contribution in [1.82, 2.24) is 20.3 Å². The summed E-state index contributed by atoms with van der Waals surface area (Å²) in [5, 5.41) is 5.80. The van der Waals surface area contributed by atoms with Gasteiger partial charge in [0, 0.05) is 33.2 Å². The van der Waals surface area contributed by atoms with Gasteiger partial charge in [0.05, 0.1) is 0 Å². The van der Waals surface area contributed by atoms with Crippen molar-refractivity contribution < 1.29 is 4.79 Å². The Balaban J connectivity index is 2.38. The molecule has 1 aromatic rings. The predicted octanol–water partition coefficient (Wildman–Crippen LogP) is 0.0842. The summed E-state index contributed by atoms with van der Waals surface area (Å²) in [6.45, 7) is 8.90. The third-order valence-corrected chi connectivity index (χ3v) is 3.64. The Morgan fingerprint density at radius 1 is 1.33 bits per heavy atom. The molecule has 116 valence electrons. The first-order valence-corrected chi connectivity index (χ1v) is 7.33. The lowest BCUT2D eigenvalue weighted by atomic mass is 10.2. The van der Waals surface area contributed by atoms with Gasteiger partial charge in [0.2, 0.25) is 23.8 Å². The highest BCUT2D eigenvalue weighted by Gasteiger charge is 2.28. The van der Waals surface area contributed by atoms with Gasteiger partial charge in [0.25, 0.3) is 0 Å². The third kappa shape index (κ3) is 3.14. The molecule has 0 bridgehead atoms. The van der Waals surface area contributed by atoms with Crippen LogP contribution in [0.2, 0.25) is 0 Å². The van der Waals surface area contributed by atoms with E-state index >= 15 is 0 Å². The van der Waals surface area contributed by atoms with E-state index in [4.69, 9.17) is 0 Å². The Hall–Kier alpha value is -2.12. The van der Waals surface area contributed by atoms with Crippen molar-refractivity contribution in [3.8, 4) is 0 Å². The van der Waals surface area contributed by atoms with E-state index < -0.39 is 0 Å². The average molecular weight is 293 g/mol. The maximum atomic E-state index is 11.8. The van der Waals surface area contributed by atoms with E-state index in [9.17, 15) is 4.79 Å². The minimum atomic E-state index is -0.282.